The Morgan fingerprint density at radius 3 is 0.891 bits per heavy atom. The highest BCUT2D eigenvalue weighted by Gasteiger charge is 2.56. The lowest BCUT2D eigenvalue weighted by Gasteiger charge is -2.60. The molecule has 0 amide bonds. The summed E-state index contributed by atoms with van der Waals surface area (Å²) in [7, 11) is 1.37. The van der Waals surface area contributed by atoms with Crippen molar-refractivity contribution in [1.29, 1.82) is 0 Å². The van der Waals surface area contributed by atoms with E-state index in [1.54, 1.807) is 0 Å². The molecule has 0 saturated carbocycles. The maximum absolute atomic E-state index is 5.64. The SMILES string of the molecule is CCO[Si]CCCCCCCCC(SC(CCCCCCCC[Si]OCC)(C(C)C)C(N(CC)CC)N(CC)CC)(C(C)C)C(N(CC)CC)N(CC)CC. The Balaban J connectivity index is 7.14. The molecule has 0 N–H and O–H groups in total. The molecule has 0 aromatic heterocycles. The van der Waals surface area contributed by atoms with Gasteiger partial charge in [0.1, 0.15) is 0 Å². The van der Waals surface area contributed by atoms with Crippen molar-refractivity contribution in [2.75, 3.05) is 65.6 Å². The maximum atomic E-state index is 5.64. The summed E-state index contributed by atoms with van der Waals surface area (Å²) in [6.07, 6.45) is 19.5. The van der Waals surface area contributed by atoms with E-state index in [-0.39, 0.29) is 9.49 Å². The van der Waals surface area contributed by atoms with Gasteiger partial charge < -0.3 is 8.85 Å². The monoisotopic (exact) mass is 827 g/mol. The molecule has 0 bridgehead atoms. The average molecular weight is 828 g/mol. The van der Waals surface area contributed by atoms with Crippen molar-refractivity contribution in [3.8, 4) is 0 Å². The lowest BCUT2D eigenvalue weighted by molar-refractivity contribution is -0.00436. The average Bonchev–Trinajstić information content (AvgIpc) is 3.18. The summed E-state index contributed by atoms with van der Waals surface area (Å²) in [5.41, 5.74) is 0. The summed E-state index contributed by atoms with van der Waals surface area (Å²) in [5.74, 6) is 1.10. The highest BCUT2D eigenvalue weighted by atomic mass is 32.2. The molecule has 0 aliphatic rings. The van der Waals surface area contributed by atoms with Crippen LogP contribution in [0.3, 0.4) is 0 Å². The second-order valence-corrected chi connectivity index (χ2v) is 20.2. The van der Waals surface area contributed by atoms with Crippen LogP contribution in [-0.2, 0) is 8.85 Å². The van der Waals surface area contributed by atoms with Crippen molar-refractivity contribution in [2.45, 2.75) is 221 Å². The van der Waals surface area contributed by atoms with Gasteiger partial charge in [0.05, 0.1) is 12.3 Å². The normalized spacial score (nSPS) is 14.9. The van der Waals surface area contributed by atoms with E-state index >= 15 is 0 Å². The maximum Gasteiger partial charge on any atom is 0.229 e. The van der Waals surface area contributed by atoms with E-state index in [9.17, 15) is 0 Å². The summed E-state index contributed by atoms with van der Waals surface area (Å²) in [6.45, 7) is 44.5. The standard InChI is InChI=1S/C46H98N4O2SSi2/c1-15-47(16-2)43(48(17-3)18-4)45(41(11)12,37-33-29-25-27-31-35-39-54-51-23-9)53-46(42(13)14,44(49(19-5)20-6)50(21-7)22-8)38-34-30-26-28-32-36-40-55-52-24-10/h41-44H,15-40H2,1-14H3. The number of rotatable bonds is 40. The van der Waals surface area contributed by atoms with Crippen LogP contribution in [0.15, 0.2) is 0 Å². The Morgan fingerprint density at radius 2 is 0.655 bits per heavy atom. The molecule has 0 aromatic rings. The molecule has 55 heavy (non-hydrogen) atoms. The quantitative estimate of drug-likeness (QED) is 0.0345. The van der Waals surface area contributed by atoms with Crippen LogP contribution >= 0.6 is 11.8 Å². The number of nitrogens with zero attached hydrogens (tertiary/aromatic N) is 4. The Bertz CT molecular complexity index is 755. The first-order valence-electron chi connectivity index (χ1n) is 23.9. The molecule has 0 spiro atoms. The van der Waals surface area contributed by atoms with Gasteiger partial charge in [0, 0.05) is 22.7 Å². The van der Waals surface area contributed by atoms with Gasteiger partial charge in [0.2, 0.25) is 19.5 Å². The van der Waals surface area contributed by atoms with E-state index in [1.807, 2.05) is 0 Å². The summed E-state index contributed by atoms with van der Waals surface area (Å²) in [4.78, 5) is 11.4. The Kier molecular flexibility index (Phi) is 34.6. The molecule has 0 saturated heterocycles. The first-order chi connectivity index (χ1) is 26.5. The second-order valence-electron chi connectivity index (χ2n) is 16.4. The zero-order valence-electron chi connectivity index (χ0n) is 39.7. The molecule has 4 radical (unpaired) electrons. The third-order valence-corrected chi connectivity index (χ3v) is 17.2. The topological polar surface area (TPSA) is 31.4 Å². The highest BCUT2D eigenvalue weighted by molar-refractivity contribution is 8.02. The minimum atomic E-state index is 0.0980. The molecule has 2 unspecified atom stereocenters. The van der Waals surface area contributed by atoms with Crippen molar-refractivity contribution < 1.29 is 8.85 Å². The van der Waals surface area contributed by atoms with Gasteiger partial charge in [0.15, 0.2) is 0 Å². The smallest absolute Gasteiger partial charge is 0.229 e. The first kappa shape index (κ1) is 55.5. The van der Waals surface area contributed by atoms with Crippen LogP contribution in [0.2, 0.25) is 12.1 Å². The van der Waals surface area contributed by atoms with Crippen molar-refractivity contribution in [3.63, 3.8) is 0 Å². The molecule has 0 aromatic carbocycles. The molecule has 328 valence electrons. The molecule has 6 nitrogen and oxygen atoms in total. The predicted molar refractivity (Wildman–Crippen MR) is 251 cm³/mol. The molecule has 0 aliphatic carbocycles. The number of thioether (sulfide) groups is 1. The molecular formula is C46H98N4O2SSi2. The van der Waals surface area contributed by atoms with E-state index in [0.717, 1.165) is 65.6 Å². The number of unbranched alkanes of at least 4 members (excludes halogenated alkanes) is 10. The fourth-order valence-electron chi connectivity index (χ4n) is 9.16. The number of hydrogen-bond donors (Lipinski definition) is 0. The van der Waals surface area contributed by atoms with E-state index < -0.39 is 0 Å². The van der Waals surface area contributed by atoms with Crippen molar-refractivity contribution in [1.82, 2.24) is 19.6 Å². The third-order valence-electron chi connectivity index (χ3n) is 12.5. The van der Waals surface area contributed by atoms with Crippen molar-refractivity contribution in [2.24, 2.45) is 11.8 Å². The zero-order valence-corrected chi connectivity index (χ0v) is 42.5. The van der Waals surface area contributed by atoms with Crippen LogP contribution in [0.4, 0.5) is 0 Å². The lowest BCUT2D eigenvalue weighted by atomic mass is 9.83. The van der Waals surface area contributed by atoms with Gasteiger partial charge in [0.25, 0.3) is 0 Å². The predicted octanol–water partition coefficient (Wildman–Crippen LogP) is 12.1. The summed E-state index contributed by atoms with van der Waals surface area (Å²) in [6, 6.07) is 2.48. The molecule has 2 atom stereocenters. The minimum Gasteiger partial charge on any atom is -0.418 e. The van der Waals surface area contributed by atoms with E-state index in [1.165, 1.54) is 102 Å². The summed E-state index contributed by atoms with van der Waals surface area (Å²) < 4.78 is 11.5. The van der Waals surface area contributed by atoms with Gasteiger partial charge in [-0.05, 0) is 103 Å². The van der Waals surface area contributed by atoms with Gasteiger partial charge in [-0.2, -0.15) is 0 Å². The zero-order chi connectivity index (χ0) is 41.5. The lowest BCUT2D eigenvalue weighted by Crippen LogP contribution is -2.68. The van der Waals surface area contributed by atoms with E-state index in [4.69, 9.17) is 8.85 Å². The minimum absolute atomic E-state index is 0.0980. The molecule has 0 heterocycles. The van der Waals surface area contributed by atoms with E-state index in [0.29, 0.717) is 43.7 Å². The van der Waals surface area contributed by atoms with Crippen LogP contribution in [-0.4, -0.2) is 127 Å². The van der Waals surface area contributed by atoms with Gasteiger partial charge in [-0.15, -0.1) is 11.8 Å². The van der Waals surface area contributed by atoms with E-state index in [2.05, 4.69) is 128 Å². The van der Waals surface area contributed by atoms with Gasteiger partial charge >= 0.3 is 0 Å². The van der Waals surface area contributed by atoms with Crippen molar-refractivity contribution in [3.05, 3.63) is 0 Å². The molecule has 9 heteroatoms. The van der Waals surface area contributed by atoms with Crippen LogP contribution in [0.5, 0.6) is 0 Å². The second kappa shape index (κ2) is 34.3. The molecular weight excluding hydrogens is 729 g/mol. The fourth-order valence-corrected chi connectivity index (χ4v) is 13.1. The summed E-state index contributed by atoms with van der Waals surface area (Å²) >= 11 is 2.52. The first-order valence-corrected chi connectivity index (χ1v) is 27.0. The third kappa shape index (κ3) is 19.2. The largest absolute Gasteiger partial charge is 0.418 e. The van der Waals surface area contributed by atoms with Gasteiger partial charge in [-0.25, -0.2) is 0 Å². The molecule has 0 rings (SSSR count). The Labute approximate surface area is 356 Å². The fraction of sp³-hybridized carbons (Fsp3) is 1.00. The van der Waals surface area contributed by atoms with Gasteiger partial charge in [-0.3, -0.25) is 19.6 Å². The molecule has 0 fully saturated rings. The highest BCUT2D eigenvalue weighted by Crippen LogP contribution is 2.56. The summed E-state index contributed by atoms with van der Waals surface area (Å²) in [5, 5.41) is 0. The van der Waals surface area contributed by atoms with Crippen LogP contribution in [0, 0.1) is 11.8 Å². The Morgan fingerprint density at radius 1 is 0.400 bits per heavy atom. The van der Waals surface area contributed by atoms with Crippen molar-refractivity contribution >= 4 is 31.3 Å². The Hall–Kier alpha value is 0.544. The molecule has 0 aliphatic heterocycles. The van der Waals surface area contributed by atoms with Gasteiger partial charge in [-0.1, -0.05) is 160 Å². The van der Waals surface area contributed by atoms with Crippen LogP contribution in [0.1, 0.15) is 187 Å². The van der Waals surface area contributed by atoms with Crippen LogP contribution in [0.25, 0.3) is 0 Å². The van der Waals surface area contributed by atoms with Crippen LogP contribution < -0.4 is 0 Å². The number of hydrogen-bond acceptors (Lipinski definition) is 7.